The monoisotopic (exact) mass is 511 g/mol. The lowest BCUT2D eigenvalue weighted by Gasteiger charge is -2.61. The van der Waals surface area contributed by atoms with Gasteiger partial charge in [-0.3, -0.25) is 9.42 Å². The molecule has 2 saturated heterocycles. The summed E-state index contributed by atoms with van der Waals surface area (Å²) in [5, 5.41) is 15.2. The van der Waals surface area contributed by atoms with Crippen LogP contribution in [0.1, 0.15) is 38.0 Å². The van der Waals surface area contributed by atoms with E-state index in [0.717, 1.165) is 6.42 Å². The Bertz CT molecular complexity index is 1260. The maximum Gasteiger partial charge on any atom is 0.523 e. The molecule has 4 heterocycles. The van der Waals surface area contributed by atoms with E-state index in [1.165, 1.54) is 0 Å². The van der Waals surface area contributed by atoms with Gasteiger partial charge < -0.3 is 14.6 Å². The van der Waals surface area contributed by atoms with Crippen molar-refractivity contribution in [1.82, 2.24) is 29.9 Å². The molecule has 2 aromatic heterocycles. The molecule has 3 atom stereocenters. The van der Waals surface area contributed by atoms with Crippen LogP contribution in [0.15, 0.2) is 28.9 Å². The average Bonchev–Trinajstić information content (AvgIpc) is 3.42. The van der Waals surface area contributed by atoms with E-state index in [0.29, 0.717) is 34.9 Å². The lowest BCUT2D eigenvalue weighted by atomic mass is 9.64. The van der Waals surface area contributed by atoms with Crippen LogP contribution in [0.2, 0.25) is 5.02 Å². The van der Waals surface area contributed by atoms with Gasteiger partial charge in [-0.1, -0.05) is 18.5 Å². The highest BCUT2D eigenvalue weighted by molar-refractivity contribution is 6.33. The standard InChI is InChI=1S/C21H21ClF3N7O3/c1-11-5-13-8-20(7-11,18-29-28-16(35-18)9-34-21(23,24)25)32(13)19(33)27-12-3-4-15(22)14(6-12)17-26-10-31(2)30-17/h3-4,6,10-11,13H,5,7-9H2,1-2H3,(H,27,33)/t11-,13+,20-/m1/s1. The molecule has 1 aliphatic carbocycles. The smallest absolute Gasteiger partial charge is 0.420 e. The average molecular weight is 512 g/mol. The first-order valence-electron chi connectivity index (χ1n) is 10.8. The molecule has 0 radical (unpaired) electrons. The van der Waals surface area contributed by atoms with Crippen LogP contribution < -0.4 is 5.32 Å². The molecule has 186 valence electrons. The maximum absolute atomic E-state index is 13.4. The van der Waals surface area contributed by atoms with Crippen molar-refractivity contribution < 1.29 is 27.1 Å². The van der Waals surface area contributed by atoms with Gasteiger partial charge in [-0.15, -0.1) is 23.4 Å². The Hall–Kier alpha value is -3.19. The number of rotatable bonds is 5. The van der Waals surface area contributed by atoms with Gasteiger partial charge in [-0.05, 0) is 37.0 Å². The second-order valence-corrected chi connectivity index (χ2v) is 9.31. The van der Waals surface area contributed by atoms with Crippen molar-refractivity contribution in [3.05, 3.63) is 41.3 Å². The number of benzene rings is 1. The molecule has 10 nitrogen and oxygen atoms in total. The summed E-state index contributed by atoms with van der Waals surface area (Å²) in [7, 11) is 1.73. The number of nitrogens with one attached hydrogen (secondary N) is 1. The first kappa shape index (κ1) is 23.5. The van der Waals surface area contributed by atoms with Crippen molar-refractivity contribution in [1.29, 1.82) is 0 Å². The molecule has 1 saturated carbocycles. The number of halogens is 4. The Labute approximate surface area is 202 Å². The summed E-state index contributed by atoms with van der Waals surface area (Å²) in [6, 6.07) is 4.53. The lowest BCUT2D eigenvalue weighted by Crippen LogP contribution is -2.70. The minimum absolute atomic E-state index is 0.0650. The van der Waals surface area contributed by atoms with E-state index in [1.54, 1.807) is 41.2 Å². The van der Waals surface area contributed by atoms with Crippen molar-refractivity contribution >= 4 is 23.3 Å². The van der Waals surface area contributed by atoms with Gasteiger partial charge in [0.25, 0.3) is 0 Å². The zero-order valence-corrected chi connectivity index (χ0v) is 19.5. The molecular weight excluding hydrogens is 491 g/mol. The minimum Gasteiger partial charge on any atom is -0.420 e. The summed E-state index contributed by atoms with van der Waals surface area (Å²) in [4.78, 5) is 19.2. The highest BCUT2D eigenvalue weighted by Crippen LogP contribution is 2.55. The van der Waals surface area contributed by atoms with E-state index >= 15 is 0 Å². The van der Waals surface area contributed by atoms with Gasteiger partial charge in [0.05, 0.1) is 5.02 Å². The summed E-state index contributed by atoms with van der Waals surface area (Å²) < 4.78 is 48.0. The van der Waals surface area contributed by atoms with Crippen LogP contribution in [0.25, 0.3) is 11.4 Å². The maximum atomic E-state index is 13.4. The number of urea groups is 1. The molecule has 35 heavy (non-hydrogen) atoms. The van der Waals surface area contributed by atoms with E-state index in [1.807, 2.05) is 6.92 Å². The zero-order valence-electron chi connectivity index (χ0n) is 18.7. The number of alkyl halides is 3. The van der Waals surface area contributed by atoms with E-state index in [4.69, 9.17) is 16.0 Å². The van der Waals surface area contributed by atoms with Gasteiger partial charge in [0.15, 0.2) is 5.82 Å². The third-order valence-corrected chi connectivity index (χ3v) is 6.59. The molecule has 3 fully saturated rings. The summed E-state index contributed by atoms with van der Waals surface area (Å²) in [5.41, 5.74) is 0.150. The molecule has 14 heteroatoms. The Morgan fingerprint density at radius 1 is 1.34 bits per heavy atom. The quantitative estimate of drug-likeness (QED) is 0.537. The van der Waals surface area contributed by atoms with Crippen LogP contribution in [0, 0.1) is 5.92 Å². The van der Waals surface area contributed by atoms with Crippen LogP contribution in [0.4, 0.5) is 23.7 Å². The van der Waals surface area contributed by atoms with E-state index < -0.39 is 18.5 Å². The Kier molecular flexibility index (Phi) is 5.71. The van der Waals surface area contributed by atoms with E-state index in [2.05, 4.69) is 30.3 Å². The molecule has 2 aliphatic heterocycles. The van der Waals surface area contributed by atoms with Gasteiger partial charge >= 0.3 is 12.4 Å². The number of hydrogen-bond acceptors (Lipinski definition) is 7. The summed E-state index contributed by atoms with van der Waals surface area (Å²) in [6.07, 6.45) is -1.36. The Morgan fingerprint density at radius 3 is 2.86 bits per heavy atom. The minimum atomic E-state index is -4.82. The van der Waals surface area contributed by atoms with Gasteiger partial charge in [-0.2, -0.15) is 5.10 Å². The van der Waals surface area contributed by atoms with Crippen molar-refractivity contribution in [2.75, 3.05) is 5.32 Å². The molecule has 2 amide bonds. The fourth-order valence-electron chi connectivity index (χ4n) is 5.01. The van der Waals surface area contributed by atoms with Crippen molar-refractivity contribution in [2.24, 2.45) is 13.0 Å². The van der Waals surface area contributed by atoms with Crippen LogP contribution in [0.3, 0.4) is 0 Å². The summed E-state index contributed by atoms with van der Waals surface area (Å²) >= 11 is 6.31. The normalized spacial score (nSPS) is 23.8. The number of fused-ring (bicyclic) bond motifs is 2. The van der Waals surface area contributed by atoms with Crippen molar-refractivity contribution in [2.45, 2.75) is 50.7 Å². The van der Waals surface area contributed by atoms with Crippen molar-refractivity contribution in [3.8, 4) is 11.4 Å². The van der Waals surface area contributed by atoms with Crippen LogP contribution in [0.5, 0.6) is 0 Å². The molecule has 3 aromatic rings. The van der Waals surface area contributed by atoms with Crippen molar-refractivity contribution in [3.63, 3.8) is 0 Å². The molecule has 1 aromatic carbocycles. The SMILES string of the molecule is C[C@@H]1C[C@H]2C[C@@](c3nnc(COC(F)(F)F)o3)(C1)N2C(=O)Nc1ccc(Cl)c(-c2ncn(C)n2)c1. The second kappa shape index (κ2) is 8.48. The number of ether oxygens (including phenoxy) is 1. The number of carbonyl (C=O) groups is 1. The van der Waals surface area contributed by atoms with Crippen LogP contribution in [-0.4, -0.2) is 48.3 Å². The third kappa shape index (κ3) is 4.45. The molecule has 0 unspecified atom stereocenters. The molecular formula is C21H21ClF3N7O3. The molecule has 0 spiro atoms. The second-order valence-electron chi connectivity index (χ2n) is 8.91. The van der Waals surface area contributed by atoms with Gasteiger partial charge in [0, 0.05) is 30.8 Å². The first-order valence-corrected chi connectivity index (χ1v) is 11.2. The number of aryl methyl sites for hydroxylation is 1. The third-order valence-electron chi connectivity index (χ3n) is 6.26. The number of hydrogen-bond donors (Lipinski definition) is 1. The summed E-state index contributed by atoms with van der Waals surface area (Å²) in [6.45, 7) is 1.15. The van der Waals surface area contributed by atoms with Gasteiger partial charge in [0.2, 0.25) is 11.8 Å². The highest BCUT2D eigenvalue weighted by atomic mass is 35.5. The number of carbonyl (C=O) groups excluding carboxylic acids is 1. The van der Waals surface area contributed by atoms with Gasteiger partial charge in [-0.25, -0.2) is 9.78 Å². The topological polar surface area (TPSA) is 111 Å². The predicted molar refractivity (Wildman–Crippen MR) is 116 cm³/mol. The fourth-order valence-corrected chi connectivity index (χ4v) is 5.22. The number of anilines is 1. The number of nitrogens with zero attached hydrogens (tertiary/aromatic N) is 6. The largest absolute Gasteiger partial charge is 0.523 e. The molecule has 6 rings (SSSR count). The fraction of sp³-hybridized carbons (Fsp3) is 0.476. The number of amides is 2. The zero-order chi connectivity index (χ0) is 25.0. The lowest BCUT2D eigenvalue weighted by molar-refractivity contribution is -0.332. The molecule has 3 aliphatic rings. The number of piperidine rings is 1. The first-order chi connectivity index (χ1) is 16.5. The van der Waals surface area contributed by atoms with E-state index in [-0.39, 0.29) is 29.8 Å². The predicted octanol–water partition coefficient (Wildman–Crippen LogP) is 4.49. The van der Waals surface area contributed by atoms with Crippen LogP contribution in [-0.2, 0) is 23.9 Å². The van der Waals surface area contributed by atoms with Gasteiger partial charge in [0.1, 0.15) is 18.5 Å². The molecule has 2 bridgehead atoms. The Morgan fingerprint density at radius 2 is 2.14 bits per heavy atom. The summed E-state index contributed by atoms with van der Waals surface area (Å²) in [5.74, 6) is 0.473. The number of aromatic nitrogens is 5. The van der Waals surface area contributed by atoms with Crippen LogP contribution >= 0.6 is 11.6 Å². The van der Waals surface area contributed by atoms with E-state index in [9.17, 15) is 18.0 Å². The highest BCUT2D eigenvalue weighted by Gasteiger charge is 2.62. The Balaban J connectivity index is 1.37. The molecule has 1 N–H and O–H groups in total.